The van der Waals surface area contributed by atoms with Crippen molar-refractivity contribution in [3.8, 4) is 0 Å². The Morgan fingerprint density at radius 1 is 0.700 bits per heavy atom. The summed E-state index contributed by atoms with van der Waals surface area (Å²) in [6, 6.07) is 13.2. The number of hydrogen-bond acceptors (Lipinski definition) is 0. The molecule has 0 aliphatic carbocycles. The molecule has 0 nitrogen and oxygen atoms in total. The third-order valence-electron chi connectivity index (χ3n) is 5.14. The van der Waals surface area contributed by atoms with Crippen LogP contribution in [0.3, 0.4) is 0 Å². The summed E-state index contributed by atoms with van der Waals surface area (Å²) in [5.74, 6) is 1.36. The second-order valence-corrected chi connectivity index (χ2v) is 11.4. The van der Waals surface area contributed by atoms with Gasteiger partial charge in [-0.25, -0.2) is 23.3 Å². The molecule has 0 amide bonds. The van der Waals surface area contributed by atoms with E-state index < -0.39 is 0 Å². The van der Waals surface area contributed by atoms with Crippen LogP contribution in [0.25, 0.3) is 0 Å². The van der Waals surface area contributed by atoms with Crippen LogP contribution >= 0.6 is 0 Å². The van der Waals surface area contributed by atoms with Gasteiger partial charge in [0, 0.05) is 9.52 Å². The van der Waals surface area contributed by atoms with Gasteiger partial charge in [0.15, 0.2) is 0 Å². The topological polar surface area (TPSA) is 0 Å². The molecule has 0 aliphatic rings. The van der Waals surface area contributed by atoms with Crippen LogP contribution in [0.4, 0.5) is 0 Å². The first kappa shape index (κ1) is 37.7. The summed E-state index contributed by atoms with van der Waals surface area (Å²) >= 11 is 0. The van der Waals surface area contributed by atoms with Gasteiger partial charge in [0.2, 0.25) is 0 Å². The van der Waals surface area contributed by atoms with Gasteiger partial charge in [-0.05, 0) is 11.8 Å². The van der Waals surface area contributed by atoms with E-state index in [4.69, 9.17) is 0 Å². The van der Waals surface area contributed by atoms with E-state index in [9.17, 15) is 0 Å². The summed E-state index contributed by atoms with van der Waals surface area (Å²) in [4.78, 5) is 0. The van der Waals surface area contributed by atoms with Gasteiger partial charge in [0.1, 0.15) is 0 Å². The van der Waals surface area contributed by atoms with Crippen LogP contribution in [-0.2, 0) is 26.2 Å². The molecular weight excluding hydrogens is 503 g/mol. The zero-order valence-electron chi connectivity index (χ0n) is 21.0. The molecule has 2 rings (SSSR count). The van der Waals surface area contributed by atoms with Crippen molar-refractivity contribution in [1.29, 1.82) is 0 Å². The van der Waals surface area contributed by atoms with Gasteiger partial charge >= 0.3 is 26.2 Å². The van der Waals surface area contributed by atoms with Gasteiger partial charge in [-0.1, -0.05) is 93.2 Å². The summed E-state index contributed by atoms with van der Waals surface area (Å²) in [5.41, 5.74) is 7.68. The fourth-order valence-corrected chi connectivity index (χ4v) is 4.39. The van der Waals surface area contributed by atoms with Crippen molar-refractivity contribution < 1.29 is 51.0 Å². The molecule has 0 saturated heterocycles. The zero-order chi connectivity index (χ0) is 21.0. The molecule has 0 heterocycles. The maximum atomic E-state index is 2.38. The molecular formula is C26H45Cl2SiZr. The fourth-order valence-electron chi connectivity index (χ4n) is 2.72. The Hall–Kier alpha value is 0.380. The molecule has 1 radical (unpaired) electrons. The van der Waals surface area contributed by atoms with Crippen LogP contribution in [0, 0.1) is 13.8 Å². The van der Waals surface area contributed by atoms with Crippen LogP contribution in [0.15, 0.2) is 36.4 Å². The summed E-state index contributed by atoms with van der Waals surface area (Å²) < 4.78 is 0. The van der Waals surface area contributed by atoms with E-state index in [0.717, 1.165) is 20.6 Å². The SMILES string of the molecule is CCC(C)[SiH]C(C)CC.Cc1c[cH-]c(C(C)C)c1.Cc1c[cH-]c(C(C)C)c1.[Cl-].[Cl-].[Zr+4]. The molecule has 0 aromatic heterocycles. The number of hydrogen-bond donors (Lipinski definition) is 0. The molecule has 2 aromatic carbocycles. The molecule has 4 heteroatoms. The van der Waals surface area contributed by atoms with E-state index in [1.807, 2.05) is 0 Å². The summed E-state index contributed by atoms with van der Waals surface area (Å²) in [5, 5.41) is 0. The van der Waals surface area contributed by atoms with Gasteiger partial charge in [-0.3, -0.25) is 0 Å². The molecule has 2 aromatic rings. The van der Waals surface area contributed by atoms with Crippen molar-refractivity contribution in [2.75, 3.05) is 0 Å². The van der Waals surface area contributed by atoms with Crippen molar-refractivity contribution in [3.05, 3.63) is 58.7 Å². The minimum atomic E-state index is 0. The van der Waals surface area contributed by atoms with Crippen molar-refractivity contribution in [3.63, 3.8) is 0 Å². The van der Waals surface area contributed by atoms with E-state index >= 15 is 0 Å². The Labute approximate surface area is 222 Å². The predicted octanol–water partition coefficient (Wildman–Crippen LogP) is 2.54. The molecule has 2 unspecified atom stereocenters. The van der Waals surface area contributed by atoms with Crippen molar-refractivity contribution in [1.82, 2.24) is 0 Å². The minimum absolute atomic E-state index is 0. The van der Waals surface area contributed by atoms with Gasteiger partial charge in [-0.2, -0.15) is 35.4 Å². The molecule has 0 aliphatic heterocycles. The van der Waals surface area contributed by atoms with Crippen LogP contribution in [0.5, 0.6) is 0 Å². The maximum Gasteiger partial charge on any atom is 4.00 e. The Balaban J connectivity index is -0.000000161. The number of rotatable bonds is 6. The van der Waals surface area contributed by atoms with Crippen molar-refractivity contribution in [2.45, 2.75) is 105 Å². The Morgan fingerprint density at radius 3 is 1.13 bits per heavy atom. The Morgan fingerprint density at radius 2 is 1.00 bits per heavy atom. The molecule has 30 heavy (non-hydrogen) atoms. The van der Waals surface area contributed by atoms with E-state index in [0.29, 0.717) is 11.8 Å². The third kappa shape index (κ3) is 18.0. The largest absolute Gasteiger partial charge is 4.00 e. The normalized spacial score (nSPS) is 11.6. The quantitative estimate of drug-likeness (QED) is 0.385. The molecule has 0 spiro atoms. The first-order chi connectivity index (χ1) is 12.6. The van der Waals surface area contributed by atoms with Crippen LogP contribution in [-0.4, -0.2) is 9.52 Å². The first-order valence-electron chi connectivity index (χ1n) is 10.9. The smallest absolute Gasteiger partial charge is 1.00 e. The molecule has 0 fully saturated rings. The average Bonchev–Trinajstić information content (AvgIpc) is 3.24. The second-order valence-electron chi connectivity index (χ2n) is 8.72. The minimum Gasteiger partial charge on any atom is -1.00 e. The monoisotopic (exact) mass is 545 g/mol. The number of aryl methyl sites for hydroxylation is 2. The van der Waals surface area contributed by atoms with Crippen molar-refractivity contribution in [2.24, 2.45) is 0 Å². The van der Waals surface area contributed by atoms with Gasteiger partial charge < -0.3 is 24.8 Å². The maximum absolute atomic E-state index is 2.38. The van der Waals surface area contributed by atoms with Gasteiger partial charge in [-0.15, -0.1) is 0 Å². The van der Waals surface area contributed by atoms with Crippen molar-refractivity contribution >= 4 is 9.52 Å². The molecule has 0 bridgehead atoms. The summed E-state index contributed by atoms with van der Waals surface area (Å²) in [6.07, 6.45) is 2.75. The average molecular weight is 548 g/mol. The standard InChI is InChI=1S/2C9H13.C8H19Si.2ClH.Zr/c2*1-7(2)9-5-4-8(3)6-9;1-5-7(3)9-8(4)6-2;;;/h2*4-7H,1-3H3;7-9H,5-6H2,1-4H3;2*1H;/q2*-1;;;;+4/p-2. The molecule has 171 valence electrons. The molecule has 2 atom stereocenters. The third-order valence-corrected chi connectivity index (χ3v) is 7.40. The summed E-state index contributed by atoms with van der Waals surface area (Å²) in [7, 11) is 0.720. The van der Waals surface area contributed by atoms with Crippen LogP contribution < -0.4 is 24.8 Å². The predicted molar refractivity (Wildman–Crippen MR) is 128 cm³/mol. The van der Waals surface area contributed by atoms with E-state index in [-0.39, 0.29) is 51.0 Å². The Kier molecular flexibility index (Phi) is 26.7. The molecule has 0 N–H and O–H groups in total. The van der Waals surface area contributed by atoms with Gasteiger partial charge in [0.05, 0.1) is 0 Å². The van der Waals surface area contributed by atoms with E-state index in [1.54, 1.807) is 0 Å². The second kappa shape index (κ2) is 21.2. The fraction of sp³-hybridized carbons (Fsp3) is 0.615. The first-order valence-corrected chi connectivity index (χ1v) is 12.2. The van der Waals surface area contributed by atoms with E-state index in [1.165, 1.54) is 35.1 Å². The molecule has 0 saturated carbocycles. The Bertz CT molecular complexity index is 549. The summed E-state index contributed by atoms with van der Waals surface area (Å²) in [6.45, 7) is 22.5. The van der Waals surface area contributed by atoms with Gasteiger partial charge in [0.25, 0.3) is 0 Å². The van der Waals surface area contributed by atoms with Crippen LogP contribution in [0.2, 0.25) is 11.1 Å². The zero-order valence-corrected chi connectivity index (χ0v) is 26.1. The van der Waals surface area contributed by atoms with Crippen LogP contribution in [0.1, 0.15) is 102 Å². The van der Waals surface area contributed by atoms with E-state index in [2.05, 4.69) is 106 Å². The number of halogens is 2.